The molecule has 0 bridgehead atoms. The minimum absolute atomic E-state index is 0.574. The van der Waals surface area contributed by atoms with Crippen LogP contribution in [0.3, 0.4) is 0 Å². The lowest BCUT2D eigenvalue weighted by atomic mass is 9.94. The molecule has 0 saturated carbocycles. The van der Waals surface area contributed by atoms with Crippen molar-refractivity contribution in [1.29, 1.82) is 0 Å². The molecular formula is C14H21ClN2. The molecule has 0 aromatic heterocycles. The molecule has 3 heteroatoms. The van der Waals surface area contributed by atoms with E-state index in [9.17, 15) is 0 Å². The van der Waals surface area contributed by atoms with Gasteiger partial charge in [-0.1, -0.05) is 24.6 Å². The fourth-order valence-corrected chi connectivity index (χ4v) is 2.77. The number of rotatable bonds is 2. The first kappa shape index (κ1) is 12.7. The van der Waals surface area contributed by atoms with Crippen LogP contribution >= 0.6 is 11.6 Å². The van der Waals surface area contributed by atoms with Crippen molar-refractivity contribution in [3.05, 3.63) is 28.8 Å². The van der Waals surface area contributed by atoms with Crippen LogP contribution in [0, 0.1) is 5.92 Å². The highest BCUT2D eigenvalue weighted by Gasteiger charge is 2.24. The third-order valence-corrected chi connectivity index (χ3v) is 3.93. The summed E-state index contributed by atoms with van der Waals surface area (Å²) in [4.78, 5) is 2.46. The number of piperidine rings is 1. The summed E-state index contributed by atoms with van der Waals surface area (Å²) in [5, 5.41) is 0.794. The molecule has 1 aromatic rings. The third kappa shape index (κ3) is 2.75. The zero-order chi connectivity index (χ0) is 12.4. The molecule has 2 nitrogen and oxygen atoms in total. The van der Waals surface area contributed by atoms with Gasteiger partial charge in [0.05, 0.1) is 0 Å². The summed E-state index contributed by atoms with van der Waals surface area (Å²) in [5.74, 6) is 0.746. The summed E-state index contributed by atoms with van der Waals surface area (Å²) in [6.45, 7) is 6.28. The van der Waals surface area contributed by atoms with E-state index in [0.717, 1.165) is 17.5 Å². The molecule has 1 heterocycles. The van der Waals surface area contributed by atoms with Crippen LogP contribution in [0.4, 0.5) is 5.69 Å². The van der Waals surface area contributed by atoms with Crippen LogP contribution in [-0.4, -0.2) is 12.6 Å². The molecule has 1 aliphatic heterocycles. The molecule has 2 N–H and O–H groups in total. The van der Waals surface area contributed by atoms with Crippen molar-refractivity contribution >= 4 is 17.3 Å². The number of halogens is 1. The van der Waals surface area contributed by atoms with Crippen LogP contribution < -0.4 is 10.6 Å². The van der Waals surface area contributed by atoms with Crippen LogP contribution in [0.1, 0.15) is 32.3 Å². The van der Waals surface area contributed by atoms with E-state index in [4.69, 9.17) is 17.3 Å². The van der Waals surface area contributed by atoms with E-state index in [1.165, 1.54) is 24.1 Å². The Bertz CT molecular complexity index is 392. The number of nitrogens with zero attached hydrogens (tertiary/aromatic N) is 1. The van der Waals surface area contributed by atoms with E-state index in [1.807, 2.05) is 12.1 Å². The van der Waals surface area contributed by atoms with Gasteiger partial charge in [-0.05, 0) is 43.4 Å². The second kappa shape index (κ2) is 5.28. The molecule has 1 aromatic carbocycles. The number of hydrogen-bond donors (Lipinski definition) is 1. The molecule has 17 heavy (non-hydrogen) atoms. The predicted octanol–water partition coefficient (Wildman–Crippen LogP) is 3.42. The van der Waals surface area contributed by atoms with Gasteiger partial charge in [-0.25, -0.2) is 0 Å². The van der Waals surface area contributed by atoms with Gasteiger partial charge in [0, 0.05) is 29.8 Å². The fraction of sp³-hybridized carbons (Fsp3) is 0.571. The van der Waals surface area contributed by atoms with Gasteiger partial charge < -0.3 is 10.6 Å². The summed E-state index contributed by atoms with van der Waals surface area (Å²) in [7, 11) is 0. The standard InChI is InChI=1S/C14H21ClN2/c1-10-3-4-11(2)17(9-10)14-7-13(15)6-5-12(14)8-16/h5-7,10-11H,3-4,8-9,16H2,1-2H3. The number of hydrogen-bond acceptors (Lipinski definition) is 2. The molecule has 0 amide bonds. The molecule has 0 aliphatic carbocycles. The normalized spacial score (nSPS) is 25.1. The monoisotopic (exact) mass is 252 g/mol. The van der Waals surface area contributed by atoms with Gasteiger partial charge in [-0.2, -0.15) is 0 Å². The maximum Gasteiger partial charge on any atom is 0.0429 e. The smallest absolute Gasteiger partial charge is 0.0429 e. The highest BCUT2D eigenvalue weighted by atomic mass is 35.5. The molecule has 2 atom stereocenters. The topological polar surface area (TPSA) is 29.3 Å². The van der Waals surface area contributed by atoms with Crippen molar-refractivity contribution in [3.63, 3.8) is 0 Å². The van der Waals surface area contributed by atoms with E-state index in [0.29, 0.717) is 12.6 Å². The van der Waals surface area contributed by atoms with Crippen LogP contribution in [0.25, 0.3) is 0 Å². The van der Waals surface area contributed by atoms with Crippen molar-refractivity contribution in [2.45, 2.75) is 39.3 Å². The highest BCUT2D eigenvalue weighted by Crippen LogP contribution is 2.31. The minimum atomic E-state index is 0.574. The van der Waals surface area contributed by atoms with E-state index in [-0.39, 0.29) is 0 Å². The van der Waals surface area contributed by atoms with Crippen molar-refractivity contribution in [2.24, 2.45) is 11.7 Å². The molecule has 1 saturated heterocycles. The average molecular weight is 253 g/mol. The second-order valence-electron chi connectivity index (χ2n) is 5.16. The second-order valence-corrected chi connectivity index (χ2v) is 5.60. The number of anilines is 1. The molecule has 0 spiro atoms. The Morgan fingerprint density at radius 1 is 1.35 bits per heavy atom. The van der Waals surface area contributed by atoms with Gasteiger partial charge >= 0.3 is 0 Å². The Hall–Kier alpha value is -0.730. The minimum Gasteiger partial charge on any atom is -0.368 e. The van der Waals surface area contributed by atoms with E-state index in [2.05, 4.69) is 24.8 Å². The van der Waals surface area contributed by atoms with Crippen molar-refractivity contribution < 1.29 is 0 Å². The first-order valence-electron chi connectivity index (χ1n) is 6.37. The molecule has 2 rings (SSSR count). The Labute approximate surface area is 109 Å². The molecule has 1 aliphatic rings. The van der Waals surface area contributed by atoms with Crippen molar-refractivity contribution in [1.82, 2.24) is 0 Å². The third-order valence-electron chi connectivity index (χ3n) is 3.69. The van der Waals surface area contributed by atoms with E-state index >= 15 is 0 Å². The summed E-state index contributed by atoms with van der Waals surface area (Å²) in [6, 6.07) is 6.60. The Kier molecular flexibility index (Phi) is 3.95. The molecule has 1 fully saturated rings. The molecular weight excluding hydrogens is 232 g/mol. The number of nitrogens with two attached hydrogens (primary N) is 1. The lowest BCUT2D eigenvalue weighted by Crippen LogP contribution is -2.41. The summed E-state index contributed by atoms with van der Waals surface area (Å²) in [6.07, 6.45) is 2.56. The summed E-state index contributed by atoms with van der Waals surface area (Å²) < 4.78 is 0. The molecule has 2 unspecified atom stereocenters. The van der Waals surface area contributed by atoms with E-state index in [1.54, 1.807) is 0 Å². The van der Waals surface area contributed by atoms with Crippen LogP contribution in [0.15, 0.2) is 18.2 Å². The van der Waals surface area contributed by atoms with Gasteiger partial charge in [0.15, 0.2) is 0 Å². The zero-order valence-electron chi connectivity index (χ0n) is 10.6. The Morgan fingerprint density at radius 3 is 2.82 bits per heavy atom. The van der Waals surface area contributed by atoms with Crippen LogP contribution in [-0.2, 0) is 6.54 Å². The first-order chi connectivity index (χ1) is 8.11. The van der Waals surface area contributed by atoms with Crippen LogP contribution in [0.2, 0.25) is 5.02 Å². The molecule has 0 radical (unpaired) electrons. The number of benzene rings is 1. The quantitative estimate of drug-likeness (QED) is 0.874. The van der Waals surface area contributed by atoms with Gasteiger partial charge in [-0.3, -0.25) is 0 Å². The van der Waals surface area contributed by atoms with Gasteiger partial charge in [0.25, 0.3) is 0 Å². The maximum absolute atomic E-state index is 6.11. The maximum atomic E-state index is 6.11. The first-order valence-corrected chi connectivity index (χ1v) is 6.74. The van der Waals surface area contributed by atoms with E-state index < -0.39 is 0 Å². The lowest BCUT2D eigenvalue weighted by molar-refractivity contribution is 0.390. The summed E-state index contributed by atoms with van der Waals surface area (Å²) >= 11 is 6.11. The van der Waals surface area contributed by atoms with Gasteiger partial charge in [0.2, 0.25) is 0 Å². The SMILES string of the molecule is CC1CCC(C)N(c2cc(Cl)ccc2CN)C1. The predicted molar refractivity (Wildman–Crippen MR) is 74.5 cm³/mol. The molecule has 94 valence electrons. The average Bonchev–Trinajstić information content (AvgIpc) is 2.32. The highest BCUT2D eigenvalue weighted by molar-refractivity contribution is 6.30. The Morgan fingerprint density at radius 2 is 2.12 bits per heavy atom. The van der Waals surface area contributed by atoms with Gasteiger partial charge in [0.1, 0.15) is 0 Å². The Balaban J connectivity index is 2.33. The van der Waals surface area contributed by atoms with Crippen molar-refractivity contribution in [3.8, 4) is 0 Å². The summed E-state index contributed by atoms with van der Waals surface area (Å²) in [5.41, 5.74) is 8.23. The lowest BCUT2D eigenvalue weighted by Gasteiger charge is -2.39. The van der Waals surface area contributed by atoms with Gasteiger partial charge in [-0.15, -0.1) is 0 Å². The van der Waals surface area contributed by atoms with Crippen molar-refractivity contribution in [2.75, 3.05) is 11.4 Å². The zero-order valence-corrected chi connectivity index (χ0v) is 11.4. The largest absolute Gasteiger partial charge is 0.368 e. The fourth-order valence-electron chi connectivity index (χ4n) is 2.60. The van der Waals surface area contributed by atoms with Crippen LogP contribution in [0.5, 0.6) is 0 Å².